The van der Waals surface area contributed by atoms with Gasteiger partial charge in [0, 0.05) is 20.6 Å². The van der Waals surface area contributed by atoms with Crippen molar-refractivity contribution in [2.45, 2.75) is 13.5 Å². The van der Waals surface area contributed by atoms with E-state index < -0.39 is 17.8 Å². The minimum Gasteiger partial charge on any atom is -0.490 e. The second kappa shape index (κ2) is 11.0. The molecule has 0 saturated carbocycles. The van der Waals surface area contributed by atoms with Crippen LogP contribution in [0.15, 0.2) is 66.2 Å². The molecule has 1 fully saturated rings. The maximum atomic E-state index is 13.1. The van der Waals surface area contributed by atoms with Crippen LogP contribution in [0.5, 0.6) is 11.5 Å². The van der Waals surface area contributed by atoms with Crippen molar-refractivity contribution in [3.63, 3.8) is 0 Å². The number of halogens is 3. The van der Waals surface area contributed by atoms with E-state index in [1.807, 2.05) is 6.92 Å². The Morgan fingerprint density at radius 2 is 1.58 bits per heavy atom. The van der Waals surface area contributed by atoms with Crippen molar-refractivity contribution >= 4 is 64.4 Å². The van der Waals surface area contributed by atoms with Crippen LogP contribution in [0.1, 0.15) is 18.1 Å². The Kier molecular flexibility index (Phi) is 7.84. The molecule has 0 aromatic heterocycles. The first-order valence-electron chi connectivity index (χ1n) is 10.8. The molecule has 7 nitrogen and oxygen atoms in total. The van der Waals surface area contributed by atoms with E-state index in [1.54, 1.807) is 48.5 Å². The molecule has 1 heterocycles. The molecular formula is C26H19Cl3N2O5. The van der Waals surface area contributed by atoms with Crippen LogP contribution < -0.4 is 19.7 Å². The summed E-state index contributed by atoms with van der Waals surface area (Å²) in [6, 6.07) is 15.3. The number of rotatable bonds is 7. The zero-order valence-corrected chi connectivity index (χ0v) is 21.2. The first-order valence-corrected chi connectivity index (χ1v) is 11.9. The molecule has 0 spiro atoms. The lowest BCUT2D eigenvalue weighted by atomic mass is 10.1. The lowest BCUT2D eigenvalue weighted by Gasteiger charge is -2.26. The zero-order chi connectivity index (χ0) is 25.8. The van der Waals surface area contributed by atoms with Gasteiger partial charge in [-0.25, -0.2) is 9.69 Å². The number of nitrogens with zero attached hydrogens (tertiary/aromatic N) is 1. The molecule has 0 bridgehead atoms. The quantitative estimate of drug-likeness (QED) is 0.279. The van der Waals surface area contributed by atoms with Crippen LogP contribution in [0.4, 0.5) is 10.5 Å². The molecule has 0 atom stereocenters. The molecule has 184 valence electrons. The molecule has 0 radical (unpaired) electrons. The minimum absolute atomic E-state index is 0.176. The third-order valence-electron chi connectivity index (χ3n) is 5.16. The predicted octanol–water partition coefficient (Wildman–Crippen LogP) is 6.29. The molecule has 1 saturated heterocycles. The molecule has 4 amide bonds. The Bertz CT molecular complexity index is 1370. The molecule has 3 aromatic carbocycles. The summed E-state index contributed by atoms with van der Waals surface area (Å²) in [4.78, 5) is 38.8. The van der Waals surface area contributed by atoms with Gasteiger partial charge in [-0.3, -0.25) is 14.9 Å². The fourth-order valence-electron chi connectivity index (χ4n) is 3.45. The molecule has 0 unspecified atom stereocenters. The number of anilines is 1. The molecule has 0 aliphatic carbocycles. The van der Waals surface area contributed by atoms with Gasteiger partial charge < -0.3 is 9.47 Å². The normalized spacial score (nSPS) is 14.7. The van der Waals surface area contributed by atoms with E-state index in [0.29, 0.717) is 38.7 Å². The number of carbonyl (C=O) groups excluding carboxylic acids is 3. The third kappa shape index (κ3) is 5.65. The highest BCUT2D eigenvalue weighted by molar-refractivity contribution is 6.39. The smallest absolute Gasteiger partial charge is 0.335 e. The summed E-state index contributed by atoms with van der Waals surface area (Å²) in [6.45, 7) is 2.35. The van der Waals surface area contributed by atoms with Gasteiger partial charge in [0.25, 0.3) is 11.8 Å². The zero-order valence-electron chi connectivity index (χ0n) is 18.9. The maximum absolute atomic E-state index is 13.1. The molecule has 36 heavy (non-hydrogen) atoms. The van der Waals surface area contributed by atoms with Crippen molar-refractivity contribution < 1.29 is 23.9 Å². The Balaban J connectivity index is 1.61. The number of benzene rings is 3. The standard InChI is InChI=1S/C26H19Cl3N2O5/c1-2-35-23-12-15(3-10-22(23)36-14-16-4-5-18(28)13-21(16)29)11-20-24(32)30-26(34)31(25(20)33)19-8-6-17(27)7-9-19/h3-13H,2,14H2,1H3,(H,30,32,34)/b20-11+. The first kappa shape index (κ1) is 25.6. The van der Waals surface area contributed by atoms with E-state index in [9.17, 15) is 14.4 Å². The molecule has 1 aliphatic heterocycles. The van der Waals surface area contributed by atoms with Gasteiger partial charge in [0.15, 0.2) is 11.5 Å². The van der Waals surface area contributed by atoms with Crippen LogP contribution in [0.3, 0.4) is 0 Å². The molecule has 10 heteroatoms. The number of barbiturate groups is 1. The number of hydrogen-bond acceptors (Lipinski definition) is 5. The average molecular weight is 546 g/mol. The fraction of sp³-hybridized carbons (Fsp3) is 0.115. The lowest BCUT2D eigenvalue weighted by Crippen LogP contribution is -2.54. The summed E-state index contributed by atoms with van der Waals surface area (Å²) in [6.07, 6.45) is 1.38. The molecular weight excluding hydrogens is 527 g/mol. The number of imide groups is 2. The Morgan fingerprint density at radius 3 is 2.28 bits per heavy atom. The van der Waals surface area contributed by atoms with Crippen molar-refractivity contribution in [2.24, 2.45) is 0 Å². The van der Waals surface area contributed by atoms with Gasteiger partial charge in [-0.1, -0.05) is 46.9 Å². The van der Waals surface area contributed by atoms with Gasteiger partial charge >= 0.3 is 6.03 Å². The van der Waals surface area contributed by atoms with E-state index >= 15 is 0 Å². The summed E-state index contributed by atoms with van der Waals surface area (Å²) in [5.74, 6) is -0.707. The lowest BCUT2D eigenvalue weighted by molar-refractivity contribution is -0.122. The summed E-state index contributed by atoms with van der Waals surface area (Å²) < 4.78 is 11.6. The van der Waals surface area contributed by atoms with E-state index in [0.717, 1.165) is 10.5 Å². The van der Waals surface area contributed by atoms with Crippen LogP contribution in [0, 0.1) is 0 Å². The van der Waals surface area contributed by atoms with Crippen LogP contribution in [0.25, 0.3) is 6.08 Å². The SMILES string of the molecule is CCOc1cc(/C=C2\C(=O)NC(=O)N(c3ccc(Cl)cc3)C2=O)ccc1OCc1ccc(Cl)cc1Cl. The number of nitrogens with one attached hydrogen (secondary N) is 1. The van der Waals surface area contributed by atoms with E-state index in [4.69, 9.17) is 44.3 Å². The van der Waals surface area contributed by atoms with Crippen LogP contribution in [-0.2, 0) is 16.2 Å². The summed E-state index contributed by atoms with van der Waals surface area (Å²) in [7, 11) is 0. The average Bonchev–Trinajstić information content (AvgIpc) is 2.83. The Hall–Kier alpha value is -3.52. The second-order valence-corrected chi connectivity index (χ2v) is 8.88. The molecule has 1 aliphatic rings. The molecule has 4 rings (SSSR count). The molecule has 3 aromatic rings. The van der Waals surface area contributed by atoms with Crippen molar-refractivity contribution in [1.29, 1.82) is 0 Å². The van der Waals surface area contributed by atoms with Gasteiger partial charge in [-0.05, 0) is 67.1 Å². The Morgan fingerprint density at radius 1 is 0.861 bits per heavy atom. The topological polar surface area (TPSA) is 84.9 Å². The minimum atomic E-state index is -0.843. The van der Waals surface area contributed by atoms with Crippen LogP contribution in [-0.4, -0.2) is 24.5 Å². The number of hydrogen-bond donors (Lipinski definition) is 1. The largest absolute Gasteiger partial charge is 0.490 e. The number of ether oxygens (including phenoxy) is 2. The highest BCUT2D eigenvalue weighted by Crippen LogP contribution is 2.32. The predicted molar refractivity (Wildman–Crippen MR) is 139 cm³/mol. The number of urea groups is 1. The highest BCUT2D eigenvalue weighted by Gasteiger charge is 2.36. The number of carbonyl (C=O) groups is 3. The van der Waals surface area contributed by atoms with Crippen molar-refractivity contribution in [3.05, 3.63) is 92.4 Å². The van der Waals surface area contributed by atoms with Crippen molar-refractivity contribution in [1.82, 2.24) is 5.32 Å². The summed E-state index contributed by atoms with van der Waals surface area (Å²) in [5, 5.41) is 3.63. The van der Waals surface area contributed by atoms with E-state index in [2.05, 4.69) is 5.32 Å². The van der Waals surface area contributed by atoms with Gasteiger partial charge in [0.2, 0.25) is 0 Å². The van der Waals surface area contributed by atoms with Crippen LogP contribution >= 0.6 is 34.8 Å². The van der Waals surface area contributed by atoms with Crippen molar-refractivity contribution in [2.75, 3.05) is 11.5 Å². The third-order valence-corrected chi connectivity index (χ3v) is 6.00. The highest BCUT2D eigenvalue weighted by atomic mass is 35.5. The fourth-order valence-corrected chi connectivity index (χ4v) is 4.03. The maximum Gasteiger partial charge on any atom is 0.335 e. The van der Waals surface area contributed by atoms with Gasteiger partial charge in [0.1, 0.15) is 12.2 Å². The molecule has 1 N–H and O–H groups in total. The summed E-state index contributed by atoms with van der Waals surface area (Å²) in [5.41, 5.74) is 1.30. The van der Waals surface area contributed by atoms with E-state index in [1.165, 1.54) is 18.2 Å². The van der Waals surface area contributed by atoms with Gasteiger partial charge in [-0.2, -0.15) is 0 Å². The number of amides is 4. The van der Waals surface area contributed by atoms with Crippen LogP contribution in [0.2, 0.25) is 15.1 Å². The van der Waals surface area contributed by atoms with Crippen molar-refractivity contribution in [3.8, 4) is 11.5 Å². The van der Waals surface area contributed by atoms with E-state index in [-0.39, 0.29) is 17.9 Å². The van der Waals surface area contributed by atoms with Gasteiger partial charge in [-0.15, -0.1) is 0 Å². The first-order chi connectivity index (χ1) is 17.3. The summed E-state index contributed by atoms with van der Waals surface area (Å²) >= 11 is 18.1. The second-order valence-electron chi connectivity index (χ2n) is 7.60. The monoisotopic (exact) mass is 544 g/mol. The van der Waals surface area contributed by atoms with Gasteiger partial charge in [0.05, 0.1) is 12.3 Å². The Labute approximate surface area is 222 Å².